The van der Waals surface area contributed by atoms with Gasteiger partial charge in [-0.3, -0.25) is 23.4 Å². The van der Waals surface area contributed by atoms with Gasteiger partial charge in [0.25, 0.3) is 5.56 Å². The monoisotopic (exact) mass is 642 g/mol. The summed E-state index contributed by atoms with van der Waals surface area (Å²) in [6.45, 7) is -3.65. The number of hydrogen-bond acceptors (Lipinski definition) is 16. The van der Waals surface area contributed by atoms with Gasteiger partial charge in [0.1, 0.15) is 29.7 Å². The third kappa shape index (κ3) is 4.60. The molecule has 19 nitrogen and oxygen atoms in total. The molecule has 22 heteroatoms. The van der Waals surface area contributed by atoms with E-state index in [0.29, 0.717) is 11.2 Å². The Morgan fingerprint density at radius 1 is 1.16 bits per heavy atom. The number of alkyl halides is 1. The molecule has 9 atom stereocenters. The maximum Gasteiger partial charge on any atom is 0.325 e. The van der Waals surface area contributed by atoms with E-state index in [2.05, 4.69) is 29.9 Å². The van der Waals surface area contributed by atoms with Gasteiger partial charge < -0.3 is 35.5 Å². The summed E-state index contributed by atoms with van der Waals surface area (Å²) in [5, 5.41) is 9.68. The first-order valence-corrected chi connectivity index (χ1v) is 15.3. The van der Waals surface area contributed by atoms with E-state index in [-0.39, 0.29) is 29.5 Å². The van der Waals surface area contributed by atoms with Gasteiger partial charge in [0.2, 0.25) is 5.95 Å². The zero-order chi connectivity index (χ0) is 30.3. The molecule has 4 aromatic rings. The lowest BCUT2D eigenvalue weighted by molar-refractivity contribution is -0.468. The SMILES string of the molecule is CC1(COP(O)(=S)O[C@@H]2[C@@H](F)[C@@H](CO)O[C@H]2n2cnc3c(=O)[nH]c(N)nc32)O[C@@H](n2cnc3c(N)ncnc32)[C@@H]2OO[C@@H]21. The smallest absolute Gasteiger partial charge is 0.325 e. The molecule has 0 bridgehead atoms. The number of H-pyrrole nitrogens is 1. The van der Waals surface area contributed by atoms with Gasteiger partial charge in [0.15, 0.2) is 53.5 Å². The van der Waals surface area contributed by atoms with Crippen LogP contribution in [-0.2, 0) is 40.1 Å². The molecule has 0 aliphatic carbocycles. The van der Waals surface area contributed by atoms with Crippen molar-refractivity contribution in [3.05, 3.63) is 29.3 Å². The fourth-order valence-corrected chi connectivity index (χ4v) is 6.79. The second-order valence-corrected chi connectivity index (χ2v) is 13.1. The molecular weight excluding hydrogens is 618 g/mol. The Kier molecular flexibility index (Phi) is 6.74. The molecule has 7 N–H and O–H groups in total. The normalized spacial score (nSPS) is 33.5. The van der Waals surface area contributed by atoms with Crippen LogP contribution in [0.5, 0.6) is 0 Å². The minimum absolute atomic E-state index is 0.0389. The van der Waals surface area contributed by atoms with Gasteiger partial charge in [-0.05, 0) is 18.7 Å². The molecule has 7 heterocycles. The molecule has 2 unspecified atom stereocenters. The van der Waals surface area contributed by atoms with Gasteiger partial charge in [0, 0.05) is 0 Å². The number of fused-ring (bicyclic) bond motifs is 3. The highest BCUT2D eigenvalue weighted by atomic mass is 32.5. The molecule has 3 saturated heterocycles. The quantitative estimate of drug-likeness (QED) is 0.114. The van der Waals surface area contributed by atoms with E-state index in [1.165, 1.54) is 23.5 Å². The van der Waals surface area contributed by atoms with Crippen LogP contribution in [0.2, 0.25) is 0 Å². The Labute approximate surface area is 244 Å². The van der Waals surface area contributed by atoms with E-state index in [0.717, 1.165) is 0 Å². The van der Waals surface area contributed by atoms with Crippen LogP contribution in [0.4, 0.5) is 16.2 Å². The molecule has 3 aliphatic heterocycles. The molecule has 0 aromatic carbocycles. The van der Waals surface area contributed by atoms with E-state index in [1.54, 1.807) is 11.5 Å². The summed E-state index contributed by atoms with van der Waals surface area (Å²) in [5.41, 5.74) is 10.3. The van der Waals surface area contributed by atoms with E-state index < -0.39 is 67.5 Å². The van der Waals surface area contributed by atoms with Crippen molar-refractivity contribution in [2.24, 2.45) is 0 Å². The van der Waals surface area contributed by atoms with Crippen molar-refractivity contribution < 1.29 is 42.7 Å². The van der Waals surface area contributed by atoms with Crippen LogP contribution < -0.4 is 17.0 Å². The van der Waals surface area contributed by atoms with Crippen molar-refractivity contribution in [3.63, 3.8) is 0 Å². The third-order valence-corrected chi connectivity index (χ3v) is 8.98. The molecule has 230 valence electrons. The number of aromatic amines is 1. The summed E-state index contributed by atoms with van der Waals surface area (Å²) in [4.78, 5) is 56.6. The van der Waals surface area contributed by atoms with Crippen molar-refractivity contribution in [2.45, 2.75) is 55.6 Å². The minimum atomic E-state index is -4.23. The van der Waals surface area contributed by atoms with Crippen LogP contribution in [0.1, 0.15) is 19.4 Å². The maximum atomic E-state index is 15.4. The standard InChI is InChI=1S/C21H24FN10O9PS/c1-21(13-12(39-40-13)19(38-21)31-5-27-9-14(23)25-4-26-15(9)31)3-36-42(35,43)41-11-8(22)7(2-33)37-18(11)32-6-28-10-16(32)29-20(24)30-17(10)34/h4-8,11-13,18-19,33H,2-3H2,1H3,(H,35,43)(H2,23,25,26)(H3,24,29,30,34)/t7-,8+,11-,12-,13+,18-,19-,21?,42?/m1/s1. The number of nitrogens with two attached hydrogens (primary N) is 2. The van der Waals surface area contributed by atoms with Crippen molar-refractivity contribution in [3.8, 4) is 0 Å². The number of nitrogens with zero attached hydrogens (tertiary/aromatic N) is 7. The van der Waals surface area contributed by atoms with E-state index in [9.17, 15) is 14.8 Å². The number of anilines is 2. The van der Waals surface area contributed by atoms with Crippen molar-refractivity contribution >= 4 is 52.6 Å². The Morgan fingerprint density at radius 2 is 1.91 bits per heavy atom. The Hall–Kier alpha value is -3.24. The van der Waals surface area contributed by atoms with Crippen LogP contribution in [0, 0.1) is 0 Å². The zero-order valence-corrected chi connectivity index (χ0v) is 23.7. The molecule has 0 radical (unpaired) electrons. The number of hydrogen-bond donors (Lipinski definition) is 5. The summed E-state index contributed by atoms with van der Waals surface area (Å²) in [6, 6.07) is 0. The predicted molar refractivity (Wildman–Crippen MR) is 144 cm³/mol. The number of nitrogen functional groups attached to an aromatic ring is 2. The highest BCUT2D eigenvalue weighted by molar-refractivity contribution is 8.07. The van der Waals surface area contributed by atoms with Gasteiger partial charge in [0.05, 0.1) is 25.9 Å². The van der Waals surface area contributed by atoms with Crippen LogP contribution in [0.25, 0.3) is 22.3 Å². The second kappa shape index (κ2) is 10.2. The van der Waals surface area contributed by atoms with Crippen molar-refractivity contribution in [1.29, 1.82) is 0 Å². The second-order valence-electron chi connectivity index (χ2n) is 10.3. The average molecular weight is 643 g/mol. The molecule has 0 spiro atoms. The number of aliphatic hydroxyl groups is 1. The summed E-state index contributed by atoms with van der Waals surface area (Å²) >= 11 is 5.23. The van der Waals surface area contributed by atoms with Crippen LogP contribution in [0.3, 0.4) is 0 Å². The van der Waals surface area contributed by atoms with Crippen molar-refractivity contribution in [1.82, 2.24) is 39.0 Å². The molecular formula is C21H24FN10O9PS. The molecule has 3 fully saturated rings. The summed E-state index contributed by atoms with van der Waals surface area (Å²) in [6.07, 6.45) is -4.39. The molecule has 7 rings (SSSR count). The third-order valence-electron chi connectivity index (χ3n) is 7.44. The molecule has 3 aliphatic rings. The van der Waals surface area contributed by atoms with E-state index >= 15 is 4.39 Å². The predicted octanol–water partition coefficient (Wildman–Crippen LogP) is -1.04. The molecule has 0 amide bonds. The first kappa shape index (κ1) is 28.5. The average Bonchev–Trinajstić information content (AvgIpc) is 3.66. The molecule has 4 aromatic heterocycles. The highest BCUT2D eigenvalue weighted by Gasteiger charge is 2.62. The first-order chi connectivity index (χ1) is 20.5. The lowest BCUT2D eigenvalue weighted by Crippen LogP contribution is -2.53. The Morgan fingerprint density at radius 3 is 2.63 bits per heavy atom. The highest BCUT2D eigenvalue weighted by Crippen LogP contribution is 2.53. The summed E-state index contributed by atoms with van der Waals surface area (Å²) < 4.78 is 41.4. The van der Waals surface area contributed by atoms with Crippen LogP contribution in [0.15, 0.2) is 23.8 Å². The van der Waals surface area contributed by atoms with Gasteiger partial charge in [-0.1, -0.05) is 0 Å². The Bertz CT molecular complexity index is 1820. The number of aromatic nitrogens is 8. The van der Waals surface area contributed by atoms with Crippen LogP contribution >= 0.6 is 6.72 Å². The summed E-state index contributed by atoms with van der Waals surface area (Å²) in [7, 11) is 0. The largest absolute Gasteiger partial charge is 0.394 e. The van der Waals surface area contributed by atoms with Crippen molar-refractivity contribution in [2.75, 3.05) is 24.7 Å². The number of rotatable bonds is 8. The lowest BCUT2D eigenvalue weighted by Gasteiger charge is -2.36. The van der Waals surface area contributed by atoms with Crippen LogP contribution in [-0.4, -0.2) is 98.4 Å². The van der Waals surface area contributed by atoms with Gasteiger partial charge in [-0.25, -0.2) is 34.1 Å². The fourth-order valence-electron chi connectivity index (χ4n) is 5.32. The topological polar surface area (TPSA) is 255 Å². The van der Waals surface area contributed by atoms with Gasteiger partial charge >= 0.3 is 6.72 Å². The number of aliphatic hydroxyl groups excluding tert-OH is 1. The van der Waals surface area contributed by atoms with Gasteiger partial charge in [-0.2, -0.15) is 4.98 Å². The molecule has 0 saturated carbocycles. The number of ether oxygens (including phenoxy) is 2. The van der Waals surface area contributed by atoms with E-state index in [1.807, 2.05) is 0 Å². The van der Waals surface area contributed by atoms with Gasteiger partial charge in [-0.15, -0.1) is 0 Å². The number of imidazole rings is 2. The summed E-state index contributed by atoms with van der Waals surface area (Å²) in [5.74, 6) is -0.0316. The minimum Gasteiger partial charge on any atom is -0.394 e. The maximum absolute atomic E-state index is 15.4. The number of halogens is 1. The Balaban J connectivity index is 1.11. The molecule has 43 heavy (non-hydrogen) atoms. The zero-order valence-electron chi connectivity index (χ0n) is 22.0. The first-order valence-electron chi connectivity index (χ1n) is 12.7. The number of nitrogens with one attached hydrogen (secondary N) is 1. The lowest BCUT2D eigenvalue weighted by atomic mass is 9.97. The fraction of sp³-hybridized carbons (Fsp3) is 0.524. The van der Waals surface area contributed by atoms with E-state index in [4.69, 9.17) is 51.6 Å².